The number of halogens is 2. The van der Waals surface area contributed by atoms with Gasteiger partial charge in [0.15, 0.2) is 5.75 Å². The summed E-state index contributed by atoms with van der Waals surface area (Å²) in [4.78, 5) is 0. The Kier molecular flexibility index (Phi) is 3.61. The number of benzene rings is 2. The van der Waals surface area contributed by atoms with Crippen LogP contribution in [0.3, 0.4) is 0 Å². The number of hydrogen-bond donors (Lipinski definition) is 1. The lowest BCUT2D eigenvalue weighted by Crippen LogP contribution is -1.72. The Hall–Kier alpha value is -1.58. The quantitative estimate of drug-likeness (QED) is 0.754. The lowest BCUT2D eigenvalue weighted by molar-refractivity contribution is 0.476. The molecule has 0 aliphatic heterocycles. The first kappa shape index (κ1) is 11.9. The van der Waals surface area contributed by atoms with E-state index in [1.807, 2.05) is 18.2 Å². The average molecular weight is 267 g/mol. The standard InChI is InChI=1S/C12H8Cl2N2O/c13-8-6-10(14)12(17)11(7-8)16-15-9-4-2-1-3-5-9/h1-7,17H/b16-15+. The van der Waals surface area contributed by atoms with Gasteiger partial charge in [-0.3, -0.25) is 0 Å². The van der Waals surface area contributed by atoms with Crippen LogP contribution in [-0.2, 0) is 0 Å². The van der Waals surface area contributed by atoms with Gasteiger partial charge in [0.25, 0.3) is 0 Å². The Morgan fingerprint density at radius 3 is 2.35 bits per heavy atom. The maximum atomic E-state index is 9.66. The second-order valence-electron chi connectivity index (χ2n) is 3.29. The number of phenols is 1. The first-order valence-electron chi connectivity index (χ1n) is 4.81. The molecule has 0 aliphatic carbocycles. The van der Waals surface area contributed by atoms with E-state index in [1.165, 1.54) is 12.1 Å². The van der Waals surface area contributed by atoms with Gasteiger partial charge in [0.05, 0.1) is 10.7 Å². The van der Waals surface area contributed by atoms with E-state index in [4.69, 9.17) is 23.2 Å². The van der Waals surface area contributed by atoms with Crippen molar-refractivity contribution in [2.24, 2.45) is 10.2 Å². The molecule has 0 saturated carbocycles. The zero-order valence-corrected chi connectivity index (χ0v) is 10.2. The first-order chi connectivity index (χ1) is 8.16. The maximum Gasteiger partial charge on any atom is 0.161 e. The third kappa shape index (κ3) is 2.96. The molecule has 2 aromatic rings. The number of azo groups is 1. The molecule has 2 aromatic carbocycles. The molecule has 0 unspecified atom stereocenters. The fourth-order valence-corrected chi connectivity index (χ4v) is 1.72. The van der Waals surface area contributed by atoms with E-state index in [2.05, 4.69) is 10.2 Å². The summed E-state index contributed by atoms with van der Waals surface area (Å²) in [5.74, 6) is -0.129. The highest BCUT2D eigenvalue weighted by molar-refractivity contribution is 6.36. The molecule has 0 saturated heterocycles. The molecule has 0 heterocycles. The van der Waals surface area contributed by atoms with E-state index in [0.29, 0.717) is 10.7 Å². The van der Waals surface area contributed by atoms with Gasteiger partial charge >= 0.3 is 0 Å². The number of hydrogen-bond acceptors (Lipinski definition) is 3. The topological polar surface area (TPSA) is 45.0 Å². The summed E-state index contributed by atoms with van der Waals surface area (Å²) in [5.41, 5.74) is 0.925. The molecule has 86 valence electrons. The molecule has 3 nitrogen and oxygen atoms in total. The van der Waals surface area contributed by atoms with E-state index in [1.54, 1.807) is 12.1 Å². The molecular weight excluding hydrogens is 259 g/mol. The van der Waals surface area contributed by atoms with Crippen molar-refractivity contribution in [1.29, 1.82) is 0 Å². The van der Waals surface area contributed by atoms with Crippen LogP contribution in [-0.4, -0.2) is 5.11 Å². The Labute approximate surface area is 108 Å². The molecule has 17 heavy (non-hydrogen) atoms. The van der Waals surface area contributed by atoms with Gasteiger partial charge in [-0.25, -0.2) is 0 Å². The van der Waals surface area contributed by atoms with E-state index in [-0.39, 0.29) is 16.5 Å². The zero-order valence-electron chi connectivity index (χ0n) is 8.64. The van der Waals surface area contributed by atoms with Crippen LogP contribution >= 0.6 is 23.2 Å². The minimum absolute atomic E-state index is 0.129. The molecular formula is C12H8Cl2N2O. The highest BCUT2D eigenvalue weighted by Crippen LogP contribution is 2.37. The number of rotatable bonds is 2. The second-order valence-corrected chi connectivity index (χ2v) is 4.13. The third-order valence-corrected chi connectivity index (χ3v) is 2.54. The summed E-state index contributed by atoms with van der Waals surface area (Å²) in [5, 5.41) is 18.1. The molecule has 0 amide bonds. The SMILES string of the molecule is Oc1c(Cl)cc(Cl)cc1/N=N/c1ccccc1. The van der Waals surface area contributed by atoms with Crippen molar-refractivity contribution in [3.8, 4) is 5.75 Å². The first-order valence-corrected chi connectivity index (χ1v) is 5.57. The number of phenolic OH excluding ortho intramolecular Hbond substituents is 1. The Morgan fingerprint density at radius 2 is 1.65 bits per heavy atom. The molecule has 0 aromatic heterocycles. The van der Waals surface area contributed by atoms with Gasteiger partial charge in [0, 0.05) is 5.02 Å². The molecule has 0 fully saturated rings. The smallest absolute Gasteiger partial charge is 0.161 e. The van der Waals surface area contributed by atoms with Gasteiger partial charge in [-0.1, -0.05) is 41.4 Å². The summed E-state index contributed by atoms with van der Waals surface area (Å²) in [6.45, 7) is 0. The van der Waals surface area contributed by atoms with E-state index in [0.717, 1.165) is 0 Å². The molecule has 2 rings (SSSR count). The van der Waals surface area contributed by atoms with Crippen molar-refractivity contribution < 1.29 is 5.11 Å². The van der Waals surface area contributed by atoms with E-state index >= 15 is 0 Å². The van der Waals surface area contributed by atoms with Crippen molar-refractivity contribution in [2.45, 2.75) is 0 Å². The summed E-state index contributed by atoms with van der Waals surface area (Å²) < 4.78 is 0. The van der Waals surface area contributed by atoms with Crippen LogP contribution in [0, 0.1) is 0 Å². The molecule has 0 aliphatic rings. The predicted octanol–water partition coefficient (Wildman–Crippen LogP) is 5.11. The fourth-order valence-electron chi connectivity index (χ4n) is 1.23. The van der Waals surface area contributed by atoms with Crippen molar-refractivity contribution in [3.05, 3.63) is 52.5 Å². The highest BCUT2D eigenvalue weighted by atomic mass is 35.5. The van der Waals surface area contributed by atoms with Gasteiger partial charge in [0.2, 0.25) is 0 Å². The summed E-state index contributed by atoms with van der Waals surface area (Å²) in [6.07, 6.45) is 0. The molecule has 5 heteroatoms. The molecule has 0 bridgehead atoms. The van der Waals surface area contributed by atoms with E-state index < -0.39 is 0 Å². The molecule has 0 radical (unpaired) electrons. The van der Waals surface area contributed by atoms with Crippen LogP contribution in [0.1, 0.15) is 0 Å². The lowest BCUT2D eigenvalue weighted by atomic mass is 10.3. The maximum absolute atomic E-state index is 9.66. The van der Waals surface area contributed by atoms with Gasteiger partial charge in [-0.05, 0) is 24.3 Å². The van der Waals surface area contributed by atoms with Crippen LogP contribution in [0.15, 0.2) is 52.7 Å². The van der Waals surface area contributed by atoms with Crippen LogP contribution in [0.5, 0.6) is 5.75 Å². The lowest BCUT2D eigenvalue weighted by Gasteiger charge is -2.01. The third-order valence-electron chi connectivity index (χ3n) is 2.04. The molecule has 0 spiro atoms. The van der Waals surface area contributed by atoms with Crippen molar-refractivity contribution in [1.82, 2.24) is 0 Å². The largest absolute Gasteiger partial charge is 0.504 e. The predicted molar refractivity (Wildman–Crippen MR) is 68.7 cm³/mol. The average Bonchev–Trinajstić information content (AvgIpc) is 2.33. The fraction of sp³-hybridized carbons (Fsp3) is 0. The van der Waals surface area contributed by atoms with Crippen LogP contribution < -0.4 is 0 Å². The van der Waals surface area contributed by atoms with Gasteiger partial charge < -0.3 is 5.11 Å². The summed E-state index contributed by atoms with van der Waals surface area (Å²) in [7, 11) is 0. The number of nitrogens with zero attached hydrogens (tertiary/aromatic N) is 2. The zero-order chi connectivity index (χ0) is 12.3. The van der Waals surface area contributed by atoms with Gasteiger partial charge in [-0.2, -0.15) is 5.11 Å². The van der Waals surface area contributed by atoms with Crippen LogP contribution in [0.4, 0.5) is 11.4 Å². The van der Waals surface area contributed by atoms with E-state index in [9.17, 15) is 5.11 Å². The van der Waals surface area contributed by atoms with Gasteiger partial charge in [-0.15, -0.1) is 5.11 Å². The Bertz CT molecular complexity index is 556. The number of aromatic hydroxyl groups is 1. The Morgan fingerprint density at radius 1 is 0.941 bits per heavy atom. The second kappa shape index (κ2) is 5.17. The minimum atomic E-state index is -0.129. The van der Waals surface area contributed by atoms with Crippen molar-refractivity contribution in [3.63, 3.8) is 0 Å². The normalized spacial score (nSPS) is 10.9. The van der Waals surface area contributed by atoms with Crippen molar-refractivity contribution >= 4 is 34.6 Å². The van der Waals surface area contributed by atoms with Crippen LogP contribution in [0.2, 0.25) is 10.0 Å². The van der Waals surface area contributed by atoms with Crippen LogP contribution in [0.25, 0.3) is 0 Å². The van der Waals surface area contributed by atoms with Gasteiger partial charge in [0.1, 0.15) is 5.69 Å². The monoisotopic (exact) mass is 266 g/mol. The Balaban J connectivity index is 2.33. The summed E-state index contributed by atoms with van der Waals surface area (Å²) >= 11 is 11.6. The summed E-state index contributed by atoms with van der Waals surface area (Å²) in [6, 6.07) is 12.1. The minimum Gasteiger partial charge on any atom is -0.504 e. The molecule has 0 atom stereocenters. The highest BCUT2D eigenvalue weighted by Gasteiger charge is 2.06. The van der Waals surface area contributed by atoms with Crippen molar-refractivity contribution in [2.75, 3.05) is 0 Å². The molecule has 1 N–H and O–H groups in total.